The van der Waals surface area contributed by atoms with Crippen molar-refractivity contribution in [2.24, 2.45) is 0 Å². The molecule has 0 aliphatic rings. The first-order valence-corrected chi connectivity index (χ1v) is 9.79. The van der Waals surface area contributed by atoms with Crippen LogP contribution in [0.2, 0.25) is 0 Å². The zero-order valence-corrected chi connectivity index (χ0v) is 17.6. The van der Waals surface area contributed by atoms with Crippen molar-refractivity contribution in [3.05, 3.63) is 71.4 Å². The van der Waals surface area contributed by atoms with Crippen molar-refractivity contribution in [3.8, 4) is 22.6 Å². The lowest BCUT2D eigenvalue weighted by atomic mass is 10.1. The van der Waals surface area contributed by atoms with Crippen molar-refractivity contribution >= 4 is 33.7 Å². The van der Waals surface area contributed by atoms with E-state index in [0.29, 0.717) is 28.2 Å². The molecule has 5 aromatic rings. The molecule has 3 heterocycles. The van der Waals surface area contributed by atoms with E-state index < -0.39 is 4.92 Å². The molecule has 0 unspecified atom stereocenters. The number of hydrogen-bond donors (Lipinski definition) is 1. The summed E-state index contributed by atoms with van der Waals surface area (Å²) in [5, 5.41) is 19.3. The molecule has 164 valence electrons. The molecule has 0 spiro atoms. The summed E-state index contributed by atoms with van der Waals surface area (Å²) in [6.07, 6.45) is 4.71. The van der Waals surface area contributed by atoms with Crippen LogP contribution in [0.3, 0.4) is 0 Å². The van der Waals surface area contributed by atoms with Crippen molar-refractivity contribution in [3.63, 3.8) is 0 Å². The van der Waals surface area contributed by atoms with Crippen LogP contribution >= 0.6 is 0 Å². The molecule has 0 radical (unpaired) electrons. The number of nitro benzene ring substituents is 1. The number of fused-ring (bicyclic) bond motifs is 2. The lowest BCUT2D eigenvalue weighted by molar-refractivity contribution is -0.385. The molecule has 0 aliphatic heterocycles. The molecule has 2 aromatic carbocycles. The van der Waals surface area contributed by atoms with E-state index in [9.17, 15) is 10.1 Å². The Bertz CT molecular complexity index is 1520. The van der Waals surface area contributed by atoms with Crippen molar-refractivity contribution in [2.45, 2.75) is 0 Å². The number of methoxy groups -OCH3 is 2. The minimum Gasteiger partial charge on any atom is -0.495 e. The highest BCUT2D eigenvalue weighted by Gasteiger charge is 2.19. The molecule has 11 heteroatoms. The lowest BCUT2D eigenvalue weighted by Crippen LogP contribution is -2.00. The third kappa shape index (κ3) is 3.61. The molecule has 0 aliphatic carbocycles. The van der Waals surface area contributed by atoms with E-state index in [1.54, 1.807) is 11.6 Å². The summed E-state index contributed by atoms with van der Waals surface area (Å²) in [5.41, 5.74) is 3.53. The fraction of sp³-hybridized carbons (Fsp3) is 0.0909. The van der Waals surface area contributed by atoms with E-state index in [2.05, 4.69) is 25.4 Å². The van der Waals surface area contributed by atoms with Gasteiger partial charge in [-0.15, -0.1) is 0 Å². The number of hydrogen-bond acceptors (Lipinski definition) is 9. The van der Waals surface area contributed by atoms with Crippen molar-refractivity contribution in [2.75, 3.05) is 19.5 Å². The molecule has 0 saturated carbocycles. The summed E-state index contributed by atoms with van der Waals surface area (Å²) in [6.45, 7) is 0. The highest BCUT2D eigenvalue weighted by atomic mass is 16.6. The summed E-state index contributed by atoms with van der Waals surface area (Å²) in [4.78, 5) is 23.8. The van der Waals surface area contributed by atoms with Gasteiger partial charge in [0.05, 0.1) is 35.7 Å². The largest absolute Gasteiger partial charge is 0.495 e. The number of nitrogens with one attached hydrogen (secondary N) is 1. The predicted octanol–water partition coefficient (Wildman–Crippen LogP) is 4.01. The molecule has 0 fully saturated rings. The predicted molar refractivity (Wildman–Crippen MR) is 121 cm³/mol. The average Bonchev–Trinajstić information content (AvgIpc) is 3.31. The van der Waals surface area contributed by atoms with E-state index >= 15 is 0 Å². The summed E-state index contributed by atoms with van der Waals surface area (Å²) in [5.74, 6) is 1.10. The van der Waals surface area contributed by atoms with Gasteiger partial charge in [-0.25, -0.2) is 19.5 Å². The molecular formula is C22H17N7O4. The van der Waals surface area contributed by atoms with Crippen LogP contribution in [0.15, 0.2) is 61.3 Å². The first kappa shape index (κ1) is 20.1. The third-order valence-corrected chi connectivity index (χ3v) is 5.20. The fourth-order valence-electron chi connectivity index (χ4n) is 3.59. The Morgan fingerprint density at radius 2 is 1.76 bits per heavy atom. The zero-order chi connectivity index (χ0) is 22.9. The molecule has 1 N–H and O–H groups in total. The Balaban J connectivity index is 1.60. The van der Waals surface area contributed by atoms with E-state index in [4.69, 9.17) is 9.47 Å². The number of benzene rings is 2. The standard InChI is InChI=1S/C22H17N7O4/c1-32-19-4-3-13(14-5-6-28-21(8-14)24-12-26-28)7-17(19)27-22-15-9-18(29(30)31)20(33-2)10-16(15)23-11-25-22/h3-12H,1-2H3,(H,23,25,27). The Hall–Kier alpha value is -4.80. The summed E-state index contributed by atoms with van der Waals surface area (Å²) in [6, 6.07) is 12.4. The van der Waals surface area contributed by atoms with Crippen LogP contribution < -0.4 is 14.8 Å². The smallest absolute Gasteiger partial charge is 0.311 e. The minimum absolute atomic E-state index is 0.126. The van der Waals surface area contributed by atoms with Gasteiger partial charge in [0.15, 0.2) is 11.4 Å². The van der Waals surface area contributed by atoms with E-state index in [1.165, 1.54) is 31.9 Å². The van der Waals surface area contributed by atoms with Crippen molar-refractivity contribution in [1.82, 2.24) is 24.6 Å². The van der Waals surface area contributed by atoms with Crippen molar-refractivity contribution in [1.29, 1.82) is 0 Å². The second-order valence-corrected chi connectivity index (χ2v) is 7.04. The molecule has 5 rings (SSSR count). The molecule has 0 saturated heterocycles. The highest BCUT2D eigenvalue weighted by molar-refractivity contribution is 5.94. The Labute approximate surface area is 186 Å². The van der Waals surface area contributed by atoms with Crippen LogP contribution in [0.5, 0.6) is 11.5 Å². The summed E-state index contributed by atoms with van der Waals surface area (Å²) in [7, 11) is 2.94. The van der Waals surface area contributed by atoms with E-state index in [1.807, 2.05) is 36.5 Å². The SMILES string of the molecule is COc1ccc(-c2ccn3ncnc3c2)cc1Nc1ncnc2cc(OC)c([N+](=O)[O-])cc12. The van der Waals surface area contributed by atoms with Crippen molar-refractivity contribution < 1.29 is 14.4 Å². The van der Waals surface area contributed by atoms with Gasteiger partial charge in [0.25, 0.3) is 0 Å². The number of aromatic nitrogens is 5. The zero-order valence-electron chi connectivity index (χ0n) is 17.6. The second kappa shape index (κ2) is 8.04. The molecule has 3 aromatic heterocycles. The Kier molecular flexibility index (Phi) is 4.90. The van der Waals surface area contributed by atoms with Gasteiger partial charge in [0.1, 0.15) is 24.2 Å². The van der Waals surface area contributed by atoms with Crippen LogP contribution in [0.4, 0.5) is 17.2 Å². The van der Waals surface area contributed by atoms with Crippen LogP contribution in [0.1, 0.15) is 0 Å². The van der Waals surface area contributed by atoms with Gasteiger partial charge in [0, 0.05) is 18.3 Å². The van der Waals surface area contributed by atoms with Crippen LogP contribution in [0, 0.1) is 10.1 Å². The van der Waals surface area contributed by atoms with E-state index in [-0.39, 0.29) is 11.4 Å². The normalized spacial score (nSPS) is 11.0. The van der Waals surface area contributed by atoms with Gasteiger partial charge in [-0.05, 0) is 35.4 Å². The first-order valence-electron chi connectivity index (χ1n) is 9.79. The highest BCUT2D eigenvalue weighted by Crippen LogP contribution is 2.37. The van der Waals surface area contributed by atoms with Crippen LogP contribution in [-0.2, 0) is 0 Å². The summed E-state index contributed by atoms with van der Waals surface area (Å²) >= 11 is 0. The fourth-order valence-corrected chi connectivity index (χ4v) is 3.59. The minimum atomic E-state index is -0.503. The molecule has 11 nitrogen and oxygen atoms in total. The number of rotatable bonds is 6. The van der Waals surface area contributed by atoms with Gasteiger partial charge >= 0.3 is 5.69 Å². The van der Waals surface area contributed by atoms with Crippen LogP contribution in [0.25, 0.3) is 27.7 Å². The third-order valence-electron chi connectivity index (χ3n) is 5.20. The molecular weight excluding hydrogens is 426 g/mol. The van der Waals surface area contributed by atoms with Crippen LogP contribution in [-0.4, -0.2) is 43.7 Å². The molecule has 0 amide bonds. The molecule has 0 bridgehead atoms. The van der Waals surface area contributed by atoms with E-state index in [0.717, 1.165) is 16.8 Å². The summed E-state index contributed by atoms with van der Waals surface area (Å²) < 4.78 is 12.3. The monoisotopic (exact) mass is 443 g/mol. The van der Waals surface area contributed by atoms with Gasteiger partial charge in [0.2, 0.25) is 0 Å². The number of nitro groups is 1. The maximum absolute atomic E-state index is 11.5. The lowest BCUT2D eigenvalue weighted by Gasteiger charge is -2.14. The second-order valence-electron chi connectivity index (χ2n) is 7.04. The van der Waals surface area contributed by atoms with Gasteiger partial charge in [-0.2, -0.15) is 5.10 Å². The number of nitrogens with zero attached hydrogens (tertiary/aromatic N) is 6. The number of pyridine rings is 1. The van der Waals surface area contributed by atoms with Gasteiger partial charge < -0.3 is 14.8 Å². The Morgan fingerprint density at radius 3 is 2.55 bits per heavy atom. The van der Waals surface area contributed by atoms with Gasteiger partial charge in [-0.1, -0.05) is 6.07 Å². The van der Waals surface area contributed by atoms with Gasteiger partial charge in [-0.3, -0.25) is 10.1 Å². The topological polar surface area (TPSA) is 130 Å². The average molecular weight is 443 g/mol. The Morgan fingerprint density at radius 1 is 0.939 bits per heavy atom. The maximum atomic E-state index is 11.5. The number of anilines is 2. The first-order chi connectivity index (χ1) is 16.1. The number of ether oxygens (including phenoxy) is 2. The maximum Gasteiger partial charge on any atom is 0.311 e. The molecule has 0 atom stereocenters. The quantitative estimate of drug-likeness (QED) is 0.305. The molecule has 33 heavy (non-hydrogen) atoms.